The van der Waals surface area contributed by atoms with E-state index in [1.54, 1.807) is 12.1 Å². The Kier molecular flexibility index (Phi) is 4.19. The molecule has 7 nitrogen and oxygen atoms in total. The molecule has 0 atom stereocenters. The smallest absolute Gasteiger partial charge is 0.358 e. The summed E-state index contributed by atoms with van der Waals surface area (Å²) in [5.41, 5.74) is 0.450. The fraction of sp³-hybridized carbons (Fsp3) is 0.625. The van der Waals surface area contributed by atoms with Gasteiger partial charge in [0.25, 0.3) is 0 Å². The number of ether oxygens (including phenoxy) is 1. The molecule has 2 heterocycles. The predicted octanol–water partition coefficient (Wildman–Crippen LogP) is 1.10. The Labute approximate surface area is 135 Å². The van der Waals surface area contributed by atoms with Crippen molar-refractivity contribution in [1.82, 2.24) is 15.1 Å². The van der Waals surface area contributed by atoms with E-state index in [9.17, 15) is 9.59 Å². The van der Waals surface area contributed by atoms with E-state index >= 15 is 0 Å². The topological polar surface area (TPSA) is 75.6 Å². The molecule has 0 spiro atoms. The van der Waals surface area contributed by atoms with Gasteiger partial charge in [-0.05, 0) is 30.4 Å². The minimum atomic E-state index is -0.493. The van der Waals surface area contributed by atoms with E-state index in [-0.39, 0.29) is 17.0 Å². The molecule has 7 heteroatoms. The number of anilines is 1. The van der Waals surface area contributed by atoms with Crippen LogP contribution < -0.4 is 4.90 Å². The third kappa shape index (κ3) is 3.60. The van der Waals surface area contributed by atoms with Crippen molar-refractivity contribution in [2.24, 2.45) is 5.41 Å². The van der Waals surface area contributed by atoms with Crippen LogP contribution in [0.25, 0.3) is 0 Å². The number of hydrogen-bond acceptors (Lipinski definition) is 6. The van der Waals surface area contributed by atoms with Gasteiger partial charge < -0.3 is 14.5 Å². The Hall–Kier alpha value is -2.18. The Morgan fingerprint density at radius 2 is 1.87 bits per heavy atom. The molecule has 124 valence electrons. The second-order valence-electron chi connectivity index (χ2n) is 6.62. The van der Waals surface area contributed by atoms with Gasteiger partial charge in [-0.25, -0.2) is 4.79 Å². The van der Waals surface area contributed by atoms with Crippen molar-refractivity contribution in [2.75, 3.05) is 38.2 Å². The van der Waals surface area contributed by atoms with E-state index in [0.29, 0.717) is 19.5 Å². The van der Waals surface area contributed by atoms with Gasteiger partial charge in [-0.2, -0.15) is 0 Å². The van der Waals surface area contributed by atoms with Gasteiger partial charge in [-0.3, -0.25) is 4.79 Å². The van der Waals surface area contributed by atoms with Crippen LogP contribution in [0.1, 0.15) is 36.7 Å². The monoisotopic (exact) mass is 318 g/mol. The van der Waals surface area contributed by atoms with Crippen LogP contribution in [0.3, 0.4) is 0 Å². The summed E-state index contributed by atoms with van der Waals surface area (Å²) in [6.45, 7) is 5.05. The number of rotatable bonds is 4. The van der Waals surface area contributed by atoms with Gasteiger partial charge in [-0.1, -0.05) is 6.92 Å². The van der Waals surface area contributed by atoms with Crippen LogP contribution in [0.4, 0.5) is 5.82 Å². The molecule has 1 aliphatic heterocycles. The Morgan fingerprint density at radius 3 is 2.39 bits per heavy atom. The second-order valence-corrected chi connectivity index (χ2v) is 6.62. The van der Waals surface area contributed by atoms with Crippen molar-refractivity contribution < 1.29 is 14.3 Å². The molecule has 1 saturated carbocycles. The van der Waals surface area contributed by atoms with Gasteiger partial charge in [0, 0.05) is 32.6 Å². The average molecular weight is 318 g/mol. The van der Waals surface area contributed by atoms with Crippen molar-refractivity contribution in [3.63, 3.8) is 0 Å². The fourth-order valence-electron chi connectivity index (χ4n) is 2.76. The first-order valence-electron chi connectivity index (χ1n) is 7.95. The van der Waals surface area contributed by atoms with E-state index < -0.39 is 5.97 Å². The third-order valence-electron chi connectivity index (χ3n) is 4.68. The minimum absolute atomic E-state index is 0.197. The Bertz CT molecular complexity index is 590. The number of nitrogens with zero attached hydrogens (tertiary/aromatic N) is 4. The van der Waals surface area contributed by atoms with Gasteiger partial charge in [0.05, 0.1) is 7.11 Å². The third-order valence-corrected chi connectivity index (χ3v) is 4.68. The highest BCUT2D eigenvalue weighted by molar-refractivity contribution is 5.87. The molecular formula is C16H22N4O3. The van der Waals surface area contributed by atoms with Crippen LogP contribution in [-0.4, -0.2) is 60.3 Å². The molecule has 2 fully saturated rings. The number of methoxy groups -OCH3 is 1. The van der Waals surface area contributed by atoms with Crippen molar-refractivity contribution in [1.29, 1.82) is 0 Å². The zero-order chi connectivity index (χ0) is 16.4. The number of hydrogen-bond donors (Lipinski definition) is 0. The molecule has 3 rings (SSSR count). The van der Waals surface area contributed by atoms with Crippen LogP contribution in [0.15, 0.2) is 12.1 Å². The normalized spacial score (nSPS) is 19.4. The maximum absolute atomic E-state index is 12.3. The summed E-state index contributed by atoms with van der Waals surface area (Å²) < 4.78 is 4.61. The standard InChI is InChI=1S/C16H22N4O3/c1-16(5-6-16)11-14(21)20-9-7-19(8-10-20)13-4-3-12(17-18-13)15(22)23-2/h3-4H,5-11H2,1-2H3. The van der Waals surface area contributed by atoms with Gasteiger partial charge in [0.1, 0.15) is 0 Å². The maximum Gasteiger partial charge on any atom is 0.358 e. The van der Waals surface area contributed by atoms with E-state index in [4.69, 9.17) is 0 Å². The molecule has 23 heavy (non-hydrogen) atoms. The molecule has 1 aliphatic carbocycles. The van der Waals surface area contributed by atoms with Gasteiger partial charge >= 0.3 is 5.97 Å². The highest BCUT2D eigenvalue weighted by Crippen LogP contribution is 2.48. The van der Waals surface area contributed by atoms with Crippen LogP contribution in [0, 0.1) is 5.41 Å². The lowest BCUT2D eigenvalue weighted by Crippen LogP contribution is -2.49. The van der Waals surface area contributed by atoms with Gasteiger partial charge in [0.2, 0.25) is 5.91 Å². The summed E-state index contributed by atoms with van der Waals surface area (Å²) in [6.07, 6.45) is 3.00. The summed E-state index contributed by atoms with van der Waals surface area (Å²) >= 11 is 0. The highest BCUT2D eigenvalue weighted by Gasteiger charge is 2.40. The van der Waals surface area contributed by atoms with Gasteiger partial charge in [-0.15, -0.1) is 10.2 Å². The van der Waals surface area contributed by atoms with E-state index in [0.717, 1.165) is 18.9 Å². The van der Waals surface area contributed by atoms with Crippen molar-refractivity contribution in [3.05, 3.63) is 17.8 Å². The van der Waals surface area contributed by atoms with Crippen molar-refractivity contribution in [2.45, 2.75) is 26.2 Å². The predicted molar refractivity (Wildman–Crippen MR) is 84.1 cm³/mol. The SMILES string of the molecule is COC(=O)c1ccc(N2CCN(C(=O)CC3(C)CC3)CC2)nn1. The maximum atomic E-state index is 12.3. The first-order valence-corrected chi connectivity index (χ1v) is 7.95. The first-order chi connectivity index (χ1) is 11.0. The van der Waals surface area contributed by atoms with E-state index in [1.165, 1.54) is 20.0 Å². The van der Waals surface area contributed by atoms with Crippen LogP contribution >= 0.6 is 0 Å². The molecule has 0 N–H and O–H groups in total. The number of piperazine rings is 1. The van der Waals surface area contributed by atoms with E-state index in [1.807, 2.05) is 4.90 Å². The Morgan fingerprint density at radius 1 is 1.17 bits per heavy atom. The molecular weight excluding hydrogens is 296 g/mol. The zero-order valence-electron chi connectivity index (χ0n) is 13.6. The quantitative estimate of drug-likeness (QED) is 0.774. The largest absolute Gasteiger partial charge is 0.464 e. The number of amides is 1. The number of esters is 1. The molecule has 1 aromatic rings. The van der Waals surface area contributed by atoms with Crippen LogP contribution in [0.5, 0.6) is 0 Å². The summed E-state index contributed by atoms with van der Waals surface area (Å²) in [5.74, 6) is 0.490. The molecule has 1 aromatic heterocycles. The molecule has 1 amide bonds. The Balaban J connectivity index is 1.54. The summed E-state index contributed by atoms with van der Waals surface area (Å²) in [6, 6.07) is 3.38. The second kappa shape index (κ2) is 6.14. The number of carbonyl (C=O) groups is 2. The number of aromatic nitrogens is 2. The summed E-state index contributed by atoms with van der Waals surface area (Å²) in [5, 5.41) is 7.97. The molecule has 0 bridgehead atoms. The molecule has 0 radical (unpaired) electrons. The highest BCUT2D eigenvalue weighted by atomic mass is 16.5. The fourth-order valence-corrected chi connectivity index (χ4v) is 2.76. The lowest BCUT2D eigenvalue weighted by molar-refractivity contribution is -0.132. The summed E-state index contributed by atoms with van der Waals surface area (Å²) in [7, 11) is 1.32. The molecule has 1 saturated heterocycles. The van der Waals surface area contributed by atoms with Gasteiger partial charge in [0.15, 0.2) is 11.5 Å². The first kappa shape index (κ1) is 15.7. The zero-order valence-corrected chi connectivity index (χ0v) is 13.6. The van der Waals surface area contributed by atoms with Crippen molar-refractivity contribution in [3.8, 4) is 0 Å². The van der Waals surface area contributed by atoms with Crippen LogP contribution in [-0.2, 0) is 9.53 Å². The molecule has 0 aromatic carbocycles. The lowest BCUT2D eigenvalue weighted by atomic mass is 10.0. The molecule has 0 unspecified atom stereocenters. The van der Waals surface area contributed by atoms with E-state index in [2.05, 4.69) is 26.8 Å². The molecule has 2 aliphatic rings. The lowest BCUT2D eigenvalue weighted by Gasteiger charge is -2.35. The number of carbonyl (C=O) groups excluding carboxylic acids is 2. The summed E-state index contributed by atoms with van der Waals surface area (Å²) in [4.78, 5) is 27.7. The minimum Gasteiger partial charge on any atom is -0.464 e. The van der Waals surface area contributed by atoms with Crippen molar-refractivity contribution >= 4 is 17.7 Å². The average Bonchev–Trinajstić information content (AvgIpc) is 3.31. The van der Waals surface area contributed by atoms with Crippen LogP contribution in [0.2, 0.25) is 0 Å².